The summed E-state index contributed by atoms with van der Waals surface area (Å²) in [6.07, 6.45) is 0. The lowest BCUT2D eigenvalue weighted by Crippen LogP contribution is -2.41. The number of rotatable bonds is 3. The highest BCUT2D eigenvalue weighted by Crippen LogP contribution is 2.31. The molecular weight excluding hydrogens is 266 g/mol. The third-order valence-corrected chi connectivity index (χ3v) is 3.45. The molecule has 1 aliphatic heterocycles. The fourth-order valence-electron chi connectivity index (χ4n) is 2.38. The van der Waals surface area contributed by atoms with E-state index in [0.717, 1.165) is 5.56 Å². The second kappa shape index (κ2) is 5.40. The van der Waals surface area contributed by atoms with Gasteiger partial charge >= 0.3 is 0 Å². The van der Waals surface area contributed by atoms with Crippen molar-refractivity contribution >= 4 is 17.4 Å². The first-order valence-electron chi connectivity index (χ1n) is 6.77. The number of hydrogen-bond donors (Lipinski definition) is 0. The van der Waals surface area contributed by atoms with Crippen LogP contribution < -0.4 is 9.64 Å². The van der Waals surface area contributed by atoms with E-state index in [2.05, 4.69) is 0 Å². The van der Waals surface area contributed by atoms with E-state index < -0.39 is 0 Å². The molecule has 0 N–H and O–H groups in total. The average Bonchev–Trinajstić information content (AvgIpc) is 2.50. The minimum absolute atomic E-state index is 0.0297. The number of amides is 1. The molecule has 0 atom stereocenters. The first-order chi connectivity index (χ1) is 10.1. The molecule has 0 bridgehead atoms. The van der Waals surface area contributed by atoms with Gasteiger partial charge in [-0.3, -0.25) is 14.5 Å². The summed E-state index contributed by atoms with van der Waals surface area (Å²) in [5.41, 5.74) is 2.29. The van der Waals surface area contributed by atoms with E-state index in [1.165, 1.54) is 4.90 Å². The van der Waals surface area contributed by atoms with Crippen molar-refractivity contribution in [2.75, 3.05) is 18.1 Å². The first kappa shape index (κ1) is 13.4. The van der Waals surface area contributed by atoms with Gasteiger partial charge in [0, 0.05) is 5.56 Å². The molecule has 4 heteroatoms. The largest absolute Gasteiger partial charge is 0.482 e. The minimum Gasteiger partial charge on any atom is -0.482 e. The Hall–Kier alpha value is -2.62. The summed E-state index contributed by atoms with van der Waals surface area (Å²) in [5, 5.41) is 0. The molecule has 1 amide bonds. The van der Waals surface area contributed by atoms with Crippen LogP contribution >= 0.6 is 0 Å². The Kier molecular flexibility index (Phi) is 3.44. The highest BCUT2D eigenvalue weighted by Gasteiger charge is 2.27. The van der Waals surface area contributed by atoms with E-state index >= 15 is 0 Å². The van der Waals surface area contributed by atoms with Gasteiger partial charge in [0.2, 0.25) is 0 Å². The van der Waals surface area contributed by atoms with E-state index in [4.69, 9.17) is 4.74 Å². The highest BCUT2D eigenvalue weighted by atomic mass is 16.5. The maximum atomic E-state index is 12.4. The molecule has 0 saturated heterocycles. The molecular formula is C17H15NO3. The van der Waals surface area contributed by atoms with Crippen LogP contribution in [0.3, 0.4) is 0 Å². The Morgan fingerprint density at radius 3 is 2.81 bits per heavy atom. The minimum atomic E-state index is -0.199. The van der Waals surface area contributed by atoms with Crippen molar-refractivity contribution in [2.24, 2.45) is 0 Å². The molecule has 0 fully saturated rings. The number of fused-ring (bicyclic) bond motifs is 1. The molecule has 0 saturated carbocycles. The van der Waals surface area contributed by atoms with Crippen molar-refractivity contribution in [2.45, 2.75) is 6.92 Å². The summed E-state index contributed by atoms with van der Waals surface area (Å²) >= 11 is 0. The normalized spacial score (nSPS) is 13.6. The Balaban J connectivity index is 1.87. The van der Waals surface area contributed by atoms with E-state index in [0.29, 0.717) is 17.0 Å². The van der Waals surface area contributed by atoms with E-state index in [-0.39, 0.29) is 24.8 Å². The lowest BCUT2D eigenvalue weighted by Gasteiger charge is -2.28. The number of anilines is 1. The van der Waals surface area contributed by atoms with Gasteiger partial charge in [-0.2, -0.15) is 0 Å². The average molecular weight is 281 g/mol. The number of para-hydroxylation sites is 2. The molecule has 0 unspecified atom stereocenters. The molecule has 3 rings (SSSR count). The molecule has 2 aromatic carbocycles. The molecule has 2 aromatic rings. The van der Waals surface area contributed by atoms with Gasteiger partial charge in [-0.25, -0.2) is 0 Å². The zero-order valence-corrected chi connectivity index (χ0v) is 11.7. The number of ketones is 1. The SMILES string of the molecule is Cc1cccc(C(=O)CN2C(=O)COc3ccccc32)c1. The second-order valence-corrected chi connectivity index (χ2v) is 5.03. The fourth-order valence-corrected chi connectivity index (χ4v) is 2.38. The molecule has 0 radical (unpaired) electrons. The molecule has 21 heavy (non-hydrogen) atoms. The monoisotopic (exact) mass is 281 g/mol. The standard InChI is InChI=1S/C17H15NO3/c1-12-5-4-6-13(9-12)15(19)10-18-14-7-2-3-8-16(14)21-11-17(18)20/h2-9H,10-11H2,1H3. The van der Waals surface area contributed by atoms with Crippen LogP contribution in [-0.4, -0.2) is 24.8 Å². The molecule has 4 nitrogen and oxygen atoms in total. The number of hydrogen-bond acceptors (Lipinski definition) is 3. The zero-order valence-electron chi connectivity index (χ0n) is 11.7. The van der Waals surface area contributed by atoms with E-state index in [1.807, 2.05) is 37.3 Å². The van der Waals surface area contributed by atoms with Crippen LogP contribution in [0.1, 0.15) is 15.9 Å². The van der Waals surface area contributed by atoms with E-state index in [9.17, 15) is 9.59 Å². The van der Waals surface area contributed by atoms with Gasteiger partial charge in [-0.15, -0.1) is 0 Å². The van der Waals surface area contributed by atoms with Gasteiger partial charge in [0.25, 0.3) is 5.91 Å². The summed E-state index contributed by atoms with van der Waals surface area (Å²) in [4.78, 5) is 25.9. The summed E-state index contributed by atoms with van der Waals surface area (Å²) in [6, 6.07) is 14.6. The van der Waals surface area contributed by atoms with Crippen molar-refractivity contribution in [3.8, 4) is 5.75 Å². The summed E-state index contributed by atoms with van der Waals surface area (Å²) in [7, 11) is 0. The summed E-state index contributed by atoms with van der Waals surface area (Å²) < 4.78 is 5.37. The van der Waals surface area contributed by atoms with Crippen molar-refractivity contribution in [3.63, 3.8) is 0 Å². The number of Topliss-reactive ketones (excluding diaryl/α,β-unsaturated/α-hetero) is 1. The zero-order chi connectivity index (χ0) is 14.8. The van der Waals surface area contributed by atoms with Crippen LogP contribution in [0, 0.1) is 6.92 Å². The molecule has 0 spiro atoms. The fraction of sp³-hybridized carbons (Fsp3) is 0.176. The van der Waals surface area contributed by atoms with Crippen molar-refractivity contribution in [1.29, 1.82) is 0 Å². The van der Waals surface area contributed by atoms with Crippen LogP contribution in [0.2, 0.25) is 0 Å². The Morgan fingerprint density at radius 1 is 1.19 bits per heavy atom. The lowest BCUT2D eigenvalue weighted by atomic mass is 10.1. The molecule has 1 heterocycles. The summed E-state index contributed by atoms with van der Waals surface area (Å²) in [5.74, 6) is 0.354. The number of benzene rings is 2. The second-order valence-electron chi connectivity index (χ2n) is 5.03. The van der Waals surface area contributed by atoms with Crippen LogP contribution in [-0.2, 0) is 4.79 Å². The highest BCUT2D eigenvalue weighted by molar-refractivity contribution is 6.07. The molecule has 1 aliphatic rings. The van der Waals surface area contributed by atoms with Crippen LogP contribution in [0.4, 0.5) is 5.69 Å². The number of carbonyl (C=O) groups excluding carboxylic acids is 2. The van der Waals surface area contributed by atoms with Gasteiger partial charge in [-0.05, 0) is 25.1 Å². The Labute approximate surface area is 123 Å². The quantitative estimate of drug-likeness (QED) is 0.812. The summed E-state index contributed by atoms with van der Waals surface area (Å²) in [6.45, 7) is 1.94. The molecule has 0 aromatic heterocycles. The predicted octanol–water partition coefficient (Wildman–Crippen LogP) is 2.60. The van der Waals surface area contributed by atoms with Crippen molar-refractivity contribution < 1.29 is 14.3 Å². The topological polar surface area (TPSA) is 46.6 Å². The van der Waals surface area contributed by atoms with Crippen molar-refractivity contribution in [3.05, 3.63) is 59.7 Å². The Bertz CT molecular complexity index is 709. The van der Waals surface area contributed by atoms with Gasteiger partial charge in [0.15, 0.2) is 12.4 Å². The number of carbonyl (C=O) groups is 2. The van der Waals surface area contributed by atoms with Crippen LogP contribution in [0.5, 0.6) is 5.75 Å². The van der Waals surface area contributed by atoms with Crippen LogP contribution in [0.15, 0.2) is 48.5 Å². The van der Waals surface area contributed by atoms with Crippen LogP contribution in [0.25, 0.3) is 0 Å². The number of aryl methyl sites for hydroxylation is 1. The third-order valence-electron chi connectivity index (χ3n) is 3.45. The first-order valence-corrected chi connectivity index (χ1v) is 6.77. The van der Waals surface area contributed by atoms with Gasteiger partial charge in [0.1, 0.15) is 5.75 Å². The van der Waals surface area contributed by atoms with Gasteiger partial charge < -0.3 is 4.74 Å². The van der Waals surface area contributed by atoms with E-state index in [1.54, 1.807) is 18.2 Å². The smallest absolute Gasteiger partial charge is 0.265 e. The predicted molar refractivity (Wildman–Crippen MR) is 79.8 cm³/mol. The molecule has 0 aliphatic carbocycles. The van der Waals surface area contributed by atoms with Gasteiger partial charge in [-0.1, -0.05) is 35.9 Å². The third kappa shape index (κ3) is 2.65. The van der Waals surface area contributed by atoms with Crippen molar-refractivity contribution in [1.82, 2.24) is 0 Å². The lowest BCUT2D eigenvalue weighted by molar-refractivity contribution is -0.121. The van der Waals surface area contributed by atoms with Gasteiger partial charge in [0.05, 0.1) is 12.2 Å². The maximum absolute atomic E-state index is 12.4. The number of ether oxygens (including phenoxy) is 1. The number of nitrogens with zero attached hydrogens (tertiary/aromatic N) is 1. The Morgan fingerprint density at radius 2 is 2.00 bits per heavy atom. The maximum Gasteiger partial charge on any atom is 0.265 e. The molecule has 106 valence electrons.